The molecule has 1 aromatic heterocycles. The molecule has 0 aliphatic heterocycles. The van der Waals surface area contributed by atoms with Crippen molar-refractivity contribution in [1.29, 1.82) is 0 Å². The van der Waals surface area contributed by atoms with Gasteiger partial charge in [-0.1, -0.05) is 151 Å². The number of nitrogens with zero attached hydrogens (tertiary/aromatic N) is 2. The Bertz CT molecular complexity index is 2960. The van der Waals surface area contributed by atoms with Crippen LogP contribution >= 0.6 is 0 Å². The van der Waals surface area contributed by atoms with Crippen molar-refractivity contribution >= 4 is 49.6 Å². The number of hydrogen-bond acceptors (Lipinski definition) is 1. The van der Waals surface area contributed by atoms with Crippen LogP contribution in [0.3, 0.4) is 0 Å². The molecular formula is C53H38N2. The molecule has 0 bridgehead atoms. The maximum Gasteiger partial charge on any atom is 0.0547 e. The van der Waals surface area contributed by atoms with Crippen molar-refractivity contribution in [3.63, 3.8) is 0 Å². The Labute approximate surface area is 321 Å². The molecule has 0 saturated carbocycles. The van der Waals surface area contributed by atoms with Crippen LogP contribution < -0.4 is 4.90 Å². The lowest BCUT2D eigenvalue weighted by molar-refractivity contribution is 1.18. The molecule has 260 valence electrons. The molecule has 9 aromatic carbocycles. The van der Waals surface area contributed by atoms with Gasteiger partial charge in [0.15, 0.2) is 0 Å². The van der Waals surface area contributed by atoms with E-state index in [0.717, 1.165) is 22.7 Å². The first-order valence-corrected chi connectivity index (χ1v) is 18.9. The minimum Gasteiger partial charge on any atom is -0.310 e. The first-order valence-electron chi connectivity index (χ1n) is 18.9. The molecular weight excluding hydrogens is 665 g/mol. The van der Waals surface area contributed by atoms with Crippen LogP contribution in [0.2, 0.25) is 0 Å². The zero-order chi connectivity index (χ0) is 36.7. The summed E-state index contributed by atoms with van der Waals surface area (Å²) < 4.78 is 2.42. The van der Waals surface area contributed by atoms with Crippen molar-refractivity contribution in [3.05, 3.63) is 218 Å². The van der Waals surface area contributed by atoms with E-state index in [1.54, 1.807) is 0 Å². The van der Waals surface area contributed by atoms with Crippen LogP contribution in [-0.2, 0) is 0 Å². The number of fused-ring (bicyclic) bond motifs is 4. The smallest absolute Gasteiger partial charge is 0.0547 e. The molecule has 10 rings (SSSR count). The maximum absolute atomic E-state index is 2.42. The van der Waals surface area contributed by atoms with Gasteiger partial charge in [-0.25, -0.2) is 0 Å². The summed E-state index contributed by atoms with van der Waals surface area (Å²) in [5.41, 5.74) is 15.4. The lowest BCUT2D eigenvalue weighted by Crippen LogP contribution is -2.10. The molecule has 1 heterocycles. The van der Waals surface area contributed by atoms with E-state index >= 15 is 0 Å². The summed E-state index contributed by atoms with van der Waals surface area (Å²) in [6.45, 7) is 2.14. The number of hydrogen-bond donors (Lipinski definition) is 0. The van der Waals surface area contributed by atoms with Gasteiger partial charge in [-0.15, -0.1) is 0 Å². The average Bonchev–Trinajstić information content (AvgIpc) is 3.59. The van der Waals surface area contributed by atoms with Crippen molar-refractivity contribution < 1.29 is 0 Å². The third-order valence-electron chi connectivity index (χ3n) is 10.8. The predicted octanol–water partition coefficient (Wildman–Crippen LogP) is 14.7. The Hall–Kier alpha value is -7.16. The van der Waals surface area contributed by atoms with E-state index in [2.05, 4.69) is 229 Å². The Balaban J connectivity index is 1.20. The standard InChI is InChI=1S/C53H38N2/c1-37-27-30-44(31-28-37)54(42-19-7-3-8-20-42)50-34-32-45(47-23-11-12-24-48(47)50)41-29-33-51-49(36-41)53-46(25-14-26-52(53)55(51)43-21-9-4-10-22-43)40-18-13-17-39(35-40)38-15-5-2-6-16-38/h2-36H,1H3. The van der Waals surface area contributed by atoms with Crippen LogP contribution in [0.5, 0.6) is 0 Å². The Morgan fingerprint density at radius 2 is 0.982 bits per heavy atom. The molecule has 0 radical (unpaired) electrons. The van der Waals surface area contributed by atoms with Crippen molar-refractivity contribution in [2.24, 2.45) is 0 Å². The van der Waals surface area contributed by atoms with Gasteiger partial charge >= 0.3 is 0 Å². The van der Waals surface area contributed by atoms with Gasteiger partial charge in [0.2, 0.25) is 0 Å². The molecule has 55 heavy (non-hydrogen) atoms. The fraction of sp³-hybridized carbons (Fsp3) is 0.0189. The number of benzene rings is 9. The van der Waals surface area contributed by atoms with Crippen molar-refractivity contribution in [1.82, 2.24) is 4.57 Å². The fourth-order valence-corrected chi connectivity index (χ4v) is 8.26. The lowest BCUT2D eigenvalue weighted by atomic mass is 9.93. The molecule has 0 fully saturated rings. The highest BCUT2D eigenvalue weighted by Gasteiger charge is 2.20. The largest absolute Gasteiger partial charge is 0.310 e. The minimum absolute atomic E-state index is 1.13. The van der Waals surface area contributed by atoms with Crippen LogP contribution in [0.25, 0.3) is 71.6 Å². The van der Waals surface area contributed by atoms with Gasteiger partial charge in [0, 0.05) is 33.2 Å². The molecule has 2 heteroatoms. The van der Waals surface area contributed by atoms with Gasteiger partial charge in [-0.3, -0.25) is 0 Å². The molecule has 0 aliphatic carbocycles. The van der Waals surface area contributed by atoms with Gasteiger partial charge in [-0.2, -0.15) is 0 Å². The van der Waals surface area contributed by atoms with E-state index < -0.39 is 0 Å². The molecule has 0 atom stereocenters. The maximum atomic E-state index is 2.42. The Kier molecular flexibility index (Phi) is 8.08. The predicted molar refractivity (Wildman–Crippen MR) is 234 cm³/mol. The zero-order valence-corrected chi connectivity index (χ0v) is 30.6. The summed E-state index contributed by atoms with van der Waals surface area (Å²) in [6.07, 6.45) is 0. The van der Waals surface area contributed by atoms with Crippen molar-refractivity contribution in [3.8, 4) is 39.1 Å². The van der Waals surface area contributed by atoms with Crippen LogP contribution in [0, 0.1) is 6.92 Å². The van der Waals surface area contributed by atoms with Gasteiger partial charge in [0.25, 0.3) is 0 Å². The highest BCUT2D eigenvalue weighted by atomic mass is 15.1. The van der Waals surface area contributed by atoms with E-state index in [0.29, 0.717) is 0 Å². The molecule has 10 aromatic rings. The molecule has 0 spiro atoms. The topological polar surface area (TPSA) is 8.17 Å². The van der Waals surface area contributed by atoms with Crippen molar-refractivity contribution in [2.75, 3.05) is 4.90 Å². The van der Waals surface area contributed by atoms with E-state index in [9.17, 15) is 0 Å². The summed E-state index contributed by atoms with van der Waals surface area (Å²) in [6, 6.07) is 77.1. The first-order chi connectivity index (χ1) is 27.2. The van der Waals surface area contributed by atoms with E-state index in [4.69, 9.17) is 0 Å². The second kappa shape index (κ2) is 13.7. The third kappa shape index (κ3) is 5.76. The highest BCUT2D eigenvalue weighted by molar-refractivity contribution is 6.17. The van der Waals surface area contributed by atoms with Gasteiger partial charge in [0.1, 0.15) is 0 Å². The molecule has 0 amide bonds. The Morgan fingerprint density at radius 3 is 1.76 bits per heavy atom. The minimum atomic E-state index is 1.13. The number of rotatable bonds is 7. The lowest BCUT2D eigenvalue weighted by Gasteiger charge is -2.27. The first kappa shape index (κ1) is 32.5. The zero-order valence-electron chi connectivity index (χ0n) is 30.6. The molecule has 0 saturated heterocycles. The number of aromatic nitrogens is 1. The summed E-state index contributed by atoms with van der Waals surface area (Å²) in [4.78, 5) is 2.37. The highest BCUT2D eigenvalue weighted by Crippen LogP contribution is 2.44. The number of para-hydroxylation sites is 2. The summed E-state index contributed by atoms with van der Waals surface area (Å²) >= 11 is 0. The van der Waals surface area contributed by atoms with E-state index in [1.807, 2.05) is 0 Å². The molecule has 0 aliphatic rings. The second-order valence-corrected chi connectivity index (χ2v) is 14.2. The monoisotopic (exact) mass is 702 g/mol. The molecule has 0 N–H and O–H groups in total. The Morgan fingerprint density at radius 1 is 0.364 bits per heavy atom. The van der Waals surface area contributed by atoms with Crippen LogP contribution in [0.4, 0.5) is 17.1 Å². The van der Waals surface area contributed by atoms with Gasteiger partial charge in [-0.05, 0) is 112 Å². The fourth-order valence-electron chi connectivity index (χ4n) is 8.26. The summed E-state index contributed by atoms with van der Waals surface area (Å²) in [7, 11) is 0. The van der Waals surface area contributed by atoms with Crippen LogP contribution in [-0.4, -0.2) is 4.57 Å². The normalized spacial score (nSPS) is 11.4. The molecule has 0 unspecified atom stereocenters. The number of anilines is 3. The van der Waals surface area contributed by atoms with Crippen LogP contribution in [0.15, 0.2) is 212 Å². The van der Waals surface area contributed by atoms with Gasteiger partial charge < -0.3 is 9.47 Å². The SMILES string of the molecule is Cc1ccc(N(c2ccccc2)c2ccc(-c3ccc4c(c3)c3c(-c5cccc(-c6ccccc6)c5)cccc3n4-c3ccccc3)c3ccccc23)cc1. The number of aryl methyl sites for hydroxylation is 1. The second-order valence-electron chi connectivity index (χ2n) is 14.2. The molecule has 2 nitrogen and oxygen atoms in total. The van der Waals surface area contributed by atoms with Crippen LogP contribution in [0.1, 0.15) is 5.56 Å². The van der Waals surface area contributed by atoms with Crippen molar-refractivity contribution in [2.45, 2.75) is 6.92 Å². The average molecular weight is 703 g/mol. The summed E-state index contributed by atoms with van der Waals surface area (Å²) in [5, 5.41) is 4.91. The van der Waals surface area contributed by atoms with Gasteiger partial charge in [0.05, 0.1) is 16.7 Å². The van der Waals surface area contributed by atoms with E-state index in [1.165, 1.54) is 71.5 Å². The quantitative estimate of drug-likeness (QED) is 0.160. The third-order valence-corrected chi connectivity index (χ3v) is 10.8. The summed E-state index contributed by atoms with van der Waals surface area (Å²) in [5.74, 6) is 0. The van der Waals surface area contributed by atoms with E-state index in [-0.39, 0.29) is 0 Å².